The standard InChI is InChI=1S/C12H15NOS/c1-9(14)8-13-6-5-10-7-11(15-2)3-4-12(10)13/h3-7,9,14H,8H2,1-2H3/t9-/m0/s1. The predicted octanol–water partition coefficient (Wildman–Crippen LogP) is 2.74. The Kier molecular flexibility index (Phi) is 3.03. The van der Waals surface area contributed by atoms with Gasteiger partial charge in [-0.05, 0) is 37.4 Å². The van der Waals surface area contributed by atoms with E-state index in [1.807, 2.05) is 13.1 Å². The van der Waals surface area contributed by atoms with E-state index in [2.05, 4.69) is 35.1 Å². The molecular formula is C12H15NOS. The van der Waals surface area contributed by atoms with Gasteiger partial charge >= 0.3 is 0 Å². The molecule has 0 unspecified atom stereocenters. The molecule has 0 amide bonds. The van der Waals surface area contributed by atoms with Crippen molar-refractivity contribution in [2.75, 3.05) is 6.26 Å². The molecule has 0 aliphatic rings. The van der Waals surface area contributed by atoms with Crippen LogP contribution in [0.3, 0.4) is 0 Å². The molecule has 80 valence electrons. The van der Waals surface area contributed by atoms with Gasteiger partial charge in [0.1, 0.15) is 0 Å². The number of rotatable bonds is 3. The highest BCUT2D eigenvalue weighted by atomic mass is 32.2. The SMILES string of the molecule is CSc1ccc2c(ccn2C[C@H](C)O)c1. The lowest BCUT2D eigenvalue weighted by Crippen LogP contribution is -2.10. The maximum atomic E-state index is 9.36. The van der Waals surface area contributed by atoms with E-state index in [-0.39, 0.29) is 6.10 Å². The number of aromatic nitrogens is 1. The molecule has 1 atom stereocenters. The zero-order chi connectivity index (χ0) is 10.8. The third kappa shape index (κ3) is 2.19. The number of benzene rings is 1. The summed E-state index contributed by atoms with van der Waals surface area (Å²) in [5.41, 5.74) is 1.19. The second-order valence-corrected chi connectivity index (χ2v) is 4.62. The summed E-state index contributed by atoms with van der Waals surface area (Å²) < 4.78 is 2.09. The zero-order valence-electron chi connectivity index (χ0n) is 8.97. The van der Waals surface area contributed by atoms with Crippen LogP contribution in [0.5, 0.6) is 0 Å². The van der Waals surface area contributed by atoms with Crippen LogP contribution in [-0.4, -0.2) is 22.0 Å². The Morgan fingerprint density at radius 3 is 2.87 bits per heavy atom. The molecular weight excluding hydrogens is 206 g/mol. The van der Waals surface area contributed by atoms with Crippen molar-refractivity contribution in [2.24, 2.45) is 0 Å². The number of hydrogen-bond donors (Lipinski definition) is 1. The number of fused-ring (bicyclic) bond motifs is 1. The summed E-state index contributed by atoms with van der Waals surface area (Å²) in [6.45, 7) is 2.46. The monoisotopic (exact) mass is 221 g/mol. The van der Waals surface area contributed by atoms with E-state index in [9.17, 15) is 5.11 Å². The Morgan fingerprint density at radius 2 is 2.20 bits per heavy atom. The van der Waals surface area contributed by atoms with Gasteiger partial charge in [0.25, 0.3) is 0 Å². The minimum atomic E-state index is -0.305. The average Bonchev–Trinajstić information content (AvgIpc) is 2.60. The Balaban J connectivity index is 2.43. The van der Waals surface area contributed by atoms with Crippen LogP contribution in [0.2, 0.25) is 0 Å². The van der Waals surface area contributed by atoms with Crippen LogP contribution in [0.4, 0.5) is 0 Å². The van der Waals surface area contributed by atoms with Gasteiger partial charge in [-0.3, -0.25) is 0 Å². The summed E-state index contributed by atoms with van der Waals surface area (Å²) in [6, 6.07) is 8.51. The maximum absolute atomic E-state index is 9.36. The highest BCUT2D eigenvalue weighted by molar-refractivity contribution is 7.98. The van der Waals surface area contributed by atoms with Crippen molar-refractivity contribution in [1.82, 2.24) is 4.57 Å². The lowest BCUT2D eigenvalue weighted by atomic mass is 10.2. The van der Waals surface area contributed by atoms with E-state index >= 15 is 0 Å². The van der Waals surface area contributed by atoms with Gasteiger partial charge < -0.3 is 9.67 Å². The van der Waals surface area contributed by atoms with Crippen LogP contribution >= 0.6 is 11.8 Å². The van der Waals surface area contributed by atoms with Crippen LogP contribution in [0.15, 0.2) is 35.4 Å². The average molecular weight is 221 g/mol. The molecule has 1 N–H and O–H groups in total. The fourth-order valence-corrected chi connectivity index (χ4v) is 2.20. The minimum absolute atomic E-state index is 0.305. The molecule has 3 heteroatoms. The van der Waals surface area contributed by atoms with Gasteiger partial charge in [-0.25, -0.2) is 0 Å². The van der Waals surface area contributed by atoms with Gasteiger partial charge in [-0.2, -0.15) is 0 Å². The van der Waals surface area contributed by atoms with E-state index in [4.69, 9.17) is 0 Å². The van der Waals surface area contributed by atoms with Crippen molar-refractivity contribution < 1.29 is 5.11 Å². The van der Waals surface area contributed by atoms with E-state index in [1.165, 1.54) is 15.8 Å². The molecule has 1 aromatic heterocycles. The Labute approximate surface area is 93.9 Å². The molecule has 1 heterocycles. The van der Waals surface area contributed by atoms with E-state index < -0.39 is 0 Å². The van der Waals surface area contributed by atoms with Crippen molar-refractivity contribution in [1.29, 1.82) is 0 Å². The molecule has 0 saturated carbocycles. The minimum Gasteiger partial charge on any atom is -0.392 e. The van der Waals surface area contributed by atoms with E-state index in [1.54, 1.807) is 11.8 Å². The molecule has 0 fully saturated rings. The lowest BCUT2D eigenvalue weighted by Gasteiger charge is -2.07. The Bertz CT molecular complexity index is 462. The first-order chi connectivity index (χ1) is 7.20. The first-order valence-electron chi connectivity index (χ1n) is 5.01. The highest BCUT2D eigenvalue weighted by Crippen LogP contribution is 2.22. The highest BCUT2D eigenvalue weighted by Gasteiger charge is 2.03. The van der Waals surface area contributed by atoms with Crippen LogP contribution in [0, 0.1) is 0 Å². The first-order valence-corrected chi connectivity index (χ1v) is 6.24. The van der Waals surface area contributed by atoms with Crippen LogP contribution in [0.1, 0.15) is 6.92 Å². The van der Waals surface area contributed by atoms with Crippen LogP contribution < -0.4 is 0 Å². The topological polar surface area (TPSA) is 25.2 Å². The van der Waals surface area contributed by atoms with Crippen molar-refractivity contribution in [3.05, 3.63) is 30.5 Å². The number of nitrogens with zero attached hydrogens (tertiary/aromatic N) is 1. The molecule has 15 heavy (non-hydrogen) atoms. The van der Waals surface area contributed by atoms with Crippen LogP contribution in [-0.2, 0) is 6.54 Å². The summed E-state index contributed by atoms with van der Waals surface area (Å²) in [5, 5.41) is 10.6. The number of hydrogen-bond acceptors (Lipinski definition) is 2. The van der Waals surface area contributed by atoms with Crippen molar-refractivity contribution in [2.45, 2.75) is 24.5 Å². The molecule has 2 aromatic rings. The van der Waals surface area contributed by atoms with Crippen LogP contribution in [0.25, 0.3) is 10.9 Å². The molecule has 0 aliphatic heterocycles. The molecule has 2 rings (SSSR count). The third-order valence-corrected chi connectivity index (χ3v) is 3.16. The molecule has 0 aliphatic carbocycles. The third-order valence-electron chi connectivity index (χ3n) is 2.44. The van der Waals surface area contributed by atoms with Crippen molar-refractivity contribution in [3.63, 3.8) is 0 Å². The lowest BCUT2D eigenvalue weighted by molar-refractivity contribution is 0.175. The number of thioether (sulfide) groups is 1. The molecule has 2 nitrogen and oxygen atoms in total. The quantitative estimate of drug-likeness (QED) is 0.806. The van der Waals surface area contributed by atoms with Gasteiger partial charge in [-0.1, -0.05) is 0 Å². The molecule has 0 radical (unpaired) electrons. The largest absolute Gasteiger partial charge is 0.392 e. The Morgan fingerprint density at radius 1 is 1.40 bits per heavy atom. The van der Waals surface area contributed by atoms with Gasteiger partial charge in [0, 0.05) is 28.5 Å². The van der Waals surface area contributed by atoms with Gasteiger partial charge in [0.15, 0.2) is 0 Å². The second kappa shape index (κ2) is 4.29. The fraction of sp³-hybridized carbons (Fsp3) is 0.333. The summed E-state index contributed by atoms with van der Waals surface area (Å²) in [6.07, 6.45) is 3.80. The molecule has 1 aromatic carbocycles. The van der Waals surface area contributed by atoms with E-state index in [0.717, 1.165) is 0 Å². The smallest absolute Gasteiger partial charge is 0.0691 e. The summed E-state index contributed by atoms with van der Waals surface area (Å²) in [7, 11) is 0. The summed E-state index contributed by atoms with van der Waals surface area (Å²) >= 11 is 1.75. The maximum Gasteiger partial charge on any atom is 0.0691 e. The number of aliphatic hydroxyl groups excluding tert-OH is 1. The summed E-state index contributed by atoms with van der Waals surface area (Å²) in [4.78, 5) is 1.28. The number of aliphatic hydroxyl groups is 1. The second-order valence-electron chi connectivity index (χ2n) is 3.74. The molecule has 0 saturated heterocycles. The normalized spacial score (nSPS) is 13.3. The first kappa shape index (κ1) is 10.6. The fourth-order valence-electron chi connectivity index (χ4n) is 1.75. The van der Waals surface area contributed by atoms with Gasteiger partial charge in [0.2, 0.25) is 0 Å². The predicted molar refractivity (Wildman–Crippen MR) is 65.4 cm³/mol. The summed E-state index contributed by atoms with van der Waals surface area (Å²) in [5.74, 6) is 0. The molecule has 0 bridgehead atoms. The van der Waals surface area contributed by atoms with Crippen molar-refractivity contribution in [3.8, 4) is 0 Å². The molecule has 0 spiro atoms. The van der Waals surface area contributed by atoms with Crippen molar-refractivity contribution >= 4 is 22.7 Å². The van der Waals surface area contributed by atoms with Gasteiger partial charge in [0.05, 0.1) is 6.10 Å². The van der Waals surface area contributed by atoms with E-state index in [0.29, 0.717) is 6.54 Å². The Hall–Kier alpha value is -0.930. The zero-order valence-corrected chi connectivity index (χ0v) is 9.79. The van der Waals surface area contributed by atoms with Gasteiger partial charge in [-0.15, -0.1) is 11.8 Å².